The second-order valence-electron chi connectivity index (χ2n) is 11.1. The van der Waals surface area contributed by atoms with Crippen LogP contribution in [0.3, 0.4) is 0 Å². The summed E-state index contributed by atoms with van der Waals surface area (Å²) >= 11 is 1.21. The number of carbonyl (C=O) groups excluding carboxylic acids is 1. The summed E-state index contributed by atoms with van der Waals surface area (Å²) in [5.41, 5.74) is 3.77. The highest BCUT2D eigenvalue weighted by Gasteiger charge is 2.33. The number of carbonyl (C=O) groups is 1. The number of esters is 1. The first-order valence-electron chi connectivity index (χ1n) is 15.0. The summed E-state index contributed by atoms with van der Waals surface area (Å²) in [6, 6.07) is 22.4. The Labute approximate surface area is 281 Å². The topological polar surface area (TPSA) is 125 Å². The molecule has 0 aliphatic carbocycles. The van der Waals surface area contributed by atoms with Gasteiger partial charge in [0, 0.05) is 31.4 Å². The van der Waals surface area contributed by atoms with E-state index in [0.717, 1.165) is 9.99 Å². The number of hydrogen-bond acceptors (Lipinski definition) is 9. The number of aromatic nitrogens is 3. The summed E-state index contributed by atoms with van der Waals surface area (Å²) in [6.07, 6.45) is 3.58. The quantitative estimate of drug-likeness (QED) is 0.216. The predicted octanol–water partition coefficient (Wildman–Crippen LogP) is 3.91. The molecule has 0 radical (unpaired) electrons. The van der Waals surface area contributed by atoms with Crippen LogP contribution in [-0.4, -0.2) is 60.9 Å². The van der Waals surface area contributed by atoms with Crippen molar-refractivity contribution in [2.75, 3.05) is 27.8 Å². The van der Waals surface area contributed by atoms with Crippen LogP contribution >= 0.6 is 11.3 Å². The molecule has 5 aromatic rings. The normalized spacial score (nSPS) is 15.0. The molecule has 0 saturated heterocycles. The minimum absolute atomic E-state index is 0.153. The molecular formula is C35H33N5O6S2. The lowest BCUT2D eigenvalue weighted by molar-refractivity contribution is -0.139. The fraction of sp³-hybridized carbons (Fsp3) is 0.200. The minimum Gasteiger partial charge on any atom is -0.497 e. The molecule has 13 heteroatoms. The van der Waals surface area contributed by atoms with Crippen LogP contribution in [0, 0.1) is 0 Å². The molecule has 48 heavy (non-hydrogen) atoms. The summed E-state index contributed by atoms with van der Waals surface area (Å²) in [6.45, 7) is 3.64. The molecule has 0 amide bonds. The Morgan fingerprint density at radius 3 is 2.33 bits per heavy atom. The van der Waals surface area contributed by atoms with Gasteiger partial charge in [0.05, 0.1) is 51.8 Å². The molecule has 0 spiro atoms. The number of thiazole rings is 1. The molecule has 1 aliphatic heterocycles. The number of nitrogens with zero attached hydrogens (tertiary/aromatic N) is 5. The van der Waals surface area contributed by atoms with Gasteiger partial charge in [-0.3, -0.25) is 9.36 Å². The van der Waals surface area contributed by atoms with Gasteiger partial charge < -0.3 is 9.47 Å². The molecule has 6 rings (SSSR count). The zero-order valence-electron chi connectivity index (χ0n) is 26.9. The van der Waals surface area contributed by atoms with Crippen molar-refractivity contribution >= 4 is 33.4 Å². The van der Waals surface area contributed by atoms with Crippen molar-refractivity contribution in [1.29, 1.82) is 0 Å². The number of hydrogen-bond donors (Lipinski definition) is 0. The van der Waals surface area contributed by atoms with Gasteiger partial charge in [0.2, 0.25) is 10.0 Å². The van der Waals surface area contributed by atoms with E-state index < -0.39 is 22.0 Å². The monoisotopic (exact) mass is 683 g/mol. The summed E-state index contributed by atoms with van der Waals surface area (Å²) in [4.78, 5) is 32.8. The van der Waals surface area contributed by atoms with Crippen LogP contribution in [0.4, 0.5) is 0 Å². The highest BCUT2D eigenvalue weighted by molar-refractivity contribution is 7.89. The summed E-state index contributed by atoms with van der Waals surface area (Å²) in [5.74, 6) is 0.0971. The van der Waals surface area contributed by atoms with E-state index in [2.05, 4.69) is 4.99 Å². The Kier molecular flexibility index (Phi) is 9.01. The number of allylic oxidation sites excluding steroid dienone is 1. The number of fused-ring (bicyclic) bond motifs is 1. The van der Waals surface area contributed by atoms with Crippen molar-refractivity contribution in [3.05, 3.63) is 127 Å². The molecule has 0 saturated carbocycles. The van der Waals surface area contributed by atoms with Crippen molar-refractivity contribution in [3.8, 4) is 22.7 Å². The Morgan fingerprint density at radius 1 is 1.02 bits per heavy atom. The van der Waals surface area contributed by atoms with Gasteiger partial charge in [-0.25, -0.2) is 27.2 Å². The highest BCUT2D eigenvalue weighted by Crippen LogP contribution is 2.32. The average Bonchev–Trinajstić information content (AvgIpc) is 3.65. The van der Waals surface area contributed by atoms with E-state index in [1.54, 1.807) is 68.1 Å². The van der Waals surface area contributed by atoms with Crippen LogP contribution in [0.2, 0.25) is 0 Å². The molecule has 3 aromatic carbocycles. The summed E-state index contributed by atoms with van der Waals surface area (Å²) < 4.78 is 40.9. The number of methoxy groups -OCH3 is 1. The standard InChI is InChI=1S/C35H33N5O6S2/c1-6-46-34(42)30-22(2)36-35-40(32(30)24-12-16-27(45-5)17-13-24)33(41)29(47-35)20-25-21-39(26-10-8-7-9-11-26)37-31(25)23-14-18-28(19-15-23)48(43,44)38(3)4/h7-21,32H,6H2,1-5H3. The smallest absolute Gasteiger partial charge is 0.338 e. The predicted molar refractivity (Wildman–Crippen MR) is 183 cm³/mol. The van der Waals surface area contributed by atoms with Crippen LogP contribution in [0.1, 0.15) is 31.0 Å². The molecule has 1 unspecified atom stereocenters. The second-order valence-corrected chi connectivity index (χ2v) is 14.3. The first kappa shape index (κ1) is 32.8. The van der Waals surface area contributed by atoms with Crippen LogP contribution in [0.25, 0.3) is 23.0 Å². The second kappa shape index (κ2) is 13.2. The molecule has 0 bridgehead atoms. The van der Waals surface area contributed by atoms with Gasteiger partial charge in [0.25, 0.3) is 5.56 Å². The SMILES string of the molecule is CCOC(=O)C1=C(C)N=c2sc(=Cc3cn(-c4ccccc4)nc3-c3ccc(S(=O)(=O)N(C)C)cc3)c(=O)n2C1c1ccc(OC)cc1. The van der Waals surface area contributed by atoms with E-state index in [1.165, 1.54) is 30.0 Å². The van der Waals surface area contributed by atoms with E-state index in [1.807, 2.05) is 48.7 Å². The van der Waals surface area contributed by atoms with Gasteiger partial charge in [0.1, 0.15) is 5.75 Å². The Bertz CT molecular complexity index is 2320. The Balaban J connectivity index is 1.53. The Morgan fingerprint density at radius 2 is 1.71 bits per heavy atom. The highest BCUT2D eigenvalue weighted by atomic mass is 32.2. The average molecular weight is 684 g/mol. The number of benzene rings is 3. The van der Waals surface area contributed by atoms with E-state index in [4.69, 9.17) is 14.6 Å². The molecule has 2 aromatic heterocycles. The fourth-order valence-electron chi connectivity index (χ4n) is 5.46. The van der Waals surface area contributed by atoms with Crippen molar-refractivity contribution < 1.29 is 22.7 Å². The Hall–Kier alpha value is -5.11. The number of para-hydroxylation sites is 1. The molecule has 0 fully saturated rings. The molecular weight excluding hydrogens is 651 g/mol. The third-order valence-electron chi connectivity index (χ3n) is 7.90. The van der Waals surface area contributed by atoms with Crippen molar-refractivity contribution in [2.45, 2.75) is 24.8 Å². The van der Waals surface area contributed by atoms with E-state index in [0.29, 0.717) is 43.2 Å². The number of ether oxygens (including phenoxy) is 2. The van der Waals surface area contributed by atoms with Crippen LogP contribution in [-0.2, 0) is 19.6 Å². The molecule has 0 N–H and O–H groups in total. The minimum atomic E-state index is -3.63. The summed E-state index contributed by atoms with van der Waals surface area (Å²) in [5, 5.41) is 4.85. The lowest BCUT2D eigenvalue weighted by atomic mass is 9.96. The maximum atomic E-state index is 14.3. The van der Waals surface area contributed by atoms with Crippen LogP contribution in [0.15, 0.2) is 111 Å². The zero-order chi connectivity index (χ0) is 34.2. The van der Waals surface area contributed by atoms with Gasteiger partial charge in [-0.1, -0.05) is 53.8 Å². The maximum Gasteiger partial charge on any atom is 0.338 e. The van der Waals surface area contributed by atoms with Gasteiger partial charge in [-0.2, -0.15) is 5.10 Å². The lowest BCUT2D eigenvalue weighted by Crippen LogP contribution is -2.39. The third kappa shape index (κ3) is 6.03. The number of rotatable bonds is 9. The largest absolute Gasteiger partial charge is 0.497 e. The van der Waals surface area contributed by atoms with Gasteiger partial charge in [-0.05, 0) is 61.9 Å². The van der Waals surface area contributed by atoms with Gasteiger partial charge >= 0.3 is 5.97 Å². The first-order chi connectivity index (χ1) is 23.0. The molecule has 246 valence electrons. The molecule has 11 nitrogen and oxygen atoms in total. The first-order valence-corrected chi connectivity index (χ1v) is 17.3. The van der Waals surface area contributed by atoms with E-state index in [9.17, 15) is 18.0 Å². The maximum absolute atomic E-state index is 14.3. The molecule has 1 atom stereocenters. The van der Waals surface area contributed by atoms with Crippen LogP contribution in [0.5, 0.6) is 5.75 Å². The zero-order valence-corrected chi connectivity index (χ0v) is 28.6. The van der Waals surface area contributed by atoms with Crippen molar-refractivity contribution in [2.24, 2.45) is 4.99 Å². The van der Waals surface area contributed by atoms with E-state index >= 15 is 0 Å². The van der Waals surface area contributed by atoms with Gasteiger partial charge in [-0.15, -0.1) is 0 Å². The lowest BCUT2D eigenvalue weighted by Gasteiger charge is -2.24. The van der Waals surface area contributed by atoms with Gasteiger partial charge in [0.15, 0.2) is 4.80 Å². The summed E-state index contributed by atoms with van der Waals surface area (Å²) in [7, 11) is 0.905. The van der Waals surface area contributed by atoms with Crippen LogP contribution < -0.4 is 19.6 Å². The molecule has 1 aliphatic rings. The number of sulfonamides is 1. The van der Waals surface area contributed by atoms with E-state index in [-0.39, 0.29) is 22.6 Å². The van der Waals surface area contributed by atoms with Crippen molar-refractivity contribution in [3.63, 3.8) is 0 Å². The molecule has 3 heterocycles. The fourth-order valence-corrected chi connectivity index (χ4v) is 7.40. The third-order valence-corrected chi connectivity index (χ3v) is 10.7. The van der Waals surface area contributed by atoms with Crippen molar-refractivity contribution in [1.82, 2.24) is 18.7 Å².